The fourth-order valence-corrected chi connectivity index (χ4v) is 3.74. The number of ether oxygens (including phenoxy) is 2. The van der Waals surface area contributed by atoms with Crippen LogP contribution in [0.25, 0.3) is 0 Å². The lowest BCUT2D eigenvalue weighted by Gasteiger charge is -2.23. The van der Waals surface area contributed by atoms with Crippen molar-refractivity contribution in [3.05, 3.63) is 46.5 Å². The number of amides is 1. The molecule has 12 heteroatoms. The average Bonchev–Trinajstić information content (AvgIpc) is 2.72. The zero-order valence-corrected chi connectivity index (χ0v) is 18.6. The van der Waals surface area contributed by atoms with Crippen molar-refractivity contribution in [2.45, 2.75) is 13.1 Å². The van der Waals surface area contributed by atoms with E-state index in [1.54, 1.807) is 0 Å². The van der Waals surface area contributed by atoms with Crippen LogP contribution in [0.1, 0.15) is 22.8 Å². The lowest BCUT2D eigenvalue weighted by molar-refractivity contribution is -0.137. The summed E-state index contributed by atoms with van der Waals surface area (Å²) < 4.78 is 75.3. The summed E-state index contributed by atoms with van der Waals surface area (Å²) in [5.74, 6) is -0.807. The first-order valence-electron chi connectivity index (χ1n) is 8.76. The minimum atomic E-state index is -4.72. The van der Waals surface area contributed by atoms with Crippen LogP contribution in [0.4, 0.5) is 24.5 Å². The first-order valence-corrected chi connectivity index (χ1v) is 10.7. The van der Waals surface area contributed by atoms with Gasteiger partial charge < -0.3 is 14.8 Å². The first kappa shape index (κ1) is 24.6. The van der Waals surface area contributed by atoms with Crippen molar-refractivity contribution < 1.29 is 35.9 Å². The van der Waals surface area contributed by atoms with Crippen LogP contribution in [-0.4, -0.2) is 41.3 Å². The lowest BCUT2D eigenvalue weighted by atomic mass is 10.1. The largest absolute Gasteiger partial charge is 0.493 e. The third-order valence-corrected chi connectivity index (χ3v) is 6.49. The Balaban J connectivity index is 2.57. The topological polar surface area (TPSA) is 84.9 Å². The normalized spacial score (nSPS) is 11.7. The van der Waals surface area contributed by atoms with Gasteiger partial charge >= 0.3 is 6.18 Å². The van der Waals surface area contributed by atoms with E-state index in [1.807, 2.05) is 0 Å². The predicted octanol–water partition coefficient (Wildman–Crippen LogP) is 4.41. The van der Waals surface area contributed by atoms with Crippen molar-refractivity contribution in [3.63, 3.8) is 0 Å². The Morgan fingerprint density at radius 2 is 1.71 bits per heavy atom. The molecule has 170 valence electrons. The summed E-state index contributed by atoms with van der Waals surface area (Å²) in [5, 5.41) is 1.81. The molecule has 2 rings (SSSR count). The molecule has 0 unspecified atom stereocenters. The number of carbonyl (C=O) groups excluding carboxylic acids is 1. The highest BCUT2D eigenvalue weighted by atomic mass is 35.5. The SMILES string of the molecule is CCS(=O)(=O)N(C)c1cc(OC)c(OC)cc1C(=O)Nc1ccc(Cl)c(C(F)(F)F)c1. The Bertz CT molecular complexity index is 1090. The number of benzene rings is 2. The highest BCUT2D eigenvalue weighted by Gasteiger charge is 2.33. The maximum absolute atomic E-state index is 13.1. The van der Waals surface area contributed by atoms with Gasteiger partial charge in [0.15, 0.2) is 11.5 Å². The van der Waals surface area contributed by atoms with E-state index >= 15 is 0 Å². The van der Waals surface area contributed by atoms with Crippen molar-refractivity contribution in [3.8, 4) is 11.5 Å². The second-order valence-corrected chi connectivity index (χ2v) is 8.94. The molecule has 0 saturated heterocycles. The molecule has 0 saturated carbocycles. The minimum Gasteiger partial charge on any atom is -0.493 e. The lowest BCUT2D eigenvalue weighted by Crippen LogP contribution is -2.30. The summed E-state index contributed by atoms with van der Waals surface area (Å²) in [6.07, 6.45) is -4.72. The molecule has 0 aliphatic heterocycles. The van der Waals surface area contributed by atoms with Gasteiger partial charge in [0.25, 0.3) is 5.91 Å². The zero-order valence-electron chi connectivity index (χ0n) is 17.0. The quantitative estimate of drug-likeness (QED) is 0.634. The highest BCUT2D eigenvalue weighted by Crippen LogP contribution is 2.38. The summed E-state index contributed by atoms with van der Waals surface area (Å²) in [4.78, 5) is 12.9. The molecule has 2 aromatic carbocycles. The van der Waals surface area contributed by atoms with Gasteiger partial charge in [-0.05, 0) is 31.2 Å². The second kappa shape index (κ2) is 9.23. The van der Waals surface area contributed by atoms with Crippen LogP contribution in [-0.2, 0) is 16.2 Å². The van der Waals surface area contributed by atoms with Crippen molar-refractivity contribution in [2.75, 3.05) is 36.6 Å². The molecule has 0 radical (unpaired) electrons. The molecule has 0 aliphatic carbocycles. The number of rotatable bonds is 7. The Hall–Kier alpha value is -2.66. The Morgan fingerprint density at radius 1 is 1.13 bits per heavy atom. The smallest absolute Gasteiger partial charge is 0.417 e. The summed E-state index contributed by atoms with van der Waals surface area (Å²) in [6.45, 7) is 1.43. The van der Waals surface area contributed by atoms with Crippen LogP contribution in [0.2, 0.25) is 5.02 Å². The van der Waals surface area contributed by atoms with Gasteiger partial charge in [-0.2, -0.15) is 13.2 Å². The summed E-state index contributed by atoms with van der Waals surface area (Å²) in [5.41, 5.74) is -1.49. The van der Waals surface area contributed by atoms with Crippen LogP contribution in [0.15, 0.2) is 30.3 Å². The maximum Gasteiger partial charge on any atom is 0.417 e. The number of hydrogen-bond donors (Lipinski definition) is 1. The number of methoxy groups -OCH3 is 2. The van der Waals surface area contributed by atoms with E-state index in [0.29, 0.717) is 6.07 Å². The molecule has 0 bridgehead atoms. The van der Waals surface area contributed by atoms with Gasteiger partial charge in [0.2, 0.25) is 10.0 Å². The molecule has 0 aliphatic rings. The van der Waals surface area contributed by atoms with Gasteiger partial charge in [0, 0.05) is 18.8 Å². The molecule has 0 heterocycles. The van der Waals surface area contributed by atoms with Crippen molar-refractivity contribution in [1.29, 1.82) is 0 Å². The molecule has 0 spiro atoms. The van der Waals surface area contributed by atoms with Crippen LogP contribution >= 0.6 is 11.6 Å². The zero-order chi connectivity index (χ0) is 23.6. The fourth-order valence-electron chi connectivity index (χ4n) is 2.67. The number of halogens is 4. The fraction of sp³-hybridized carbons (Fsp3) is 0.316. The molecular formula is C19H20ClF3N2O5S. The summed E-state index contributed by atoms with van der Waals surface area (Å²) >= 11 is 5.60. The van der Waals surface area contributed by atoms with Crippen molar-refractivity contribution in [1.82, 2.24) is 0 Å². The Morgan fingerprint density at radius 3 is 2.23 bits per heavy atom. The van der Waals surface area contributed by atoms with Gasteiger partial charge in [-0.3, -0.25) is 9.10 Å². The highest BCUT2D eigenvalue weighted by molar-refractivity contribution is 7.92. The van der Waals surface area contributed by atoms with E-state index in [9.17, 15) is 26.4 Å². The minimum absolute atomic E-state index is 0.0398. The second-order valence-electron chi connectivity index (χ2n) is 6.24. The van der Waals surface area contributed by atoms with E-state index in [4.69, 9.17) is 21.1 Å². The molecular weight excluding hydrogens is 461 g/mol. The van der Waals surface area contributed by atoms with E-state index in [0.717, 1.165) is 10.4 Å². The third kappa shape index (κ3) is 5.34. The van der Waals surface area contributed by atoms with Gasteiger partial charge in [0.05, 0.1) is 41.8 Å². The van der Waals surface area contributed by atoms with E-state index < -0.39 is 32.7 Å². The first-order chi connectivity index (χ1) is 14.3. The summed E-state index contributed by atoms with van der Waals surface area (Å²) in [6, 6.07) is 5.43. The van der Waals surface area contributed by atoms with Crippen LogP contribution in [0.3, 0.4) is 0 Å². The molecule has 0 atom stereocenters. The maximum atomic E-state index is 13.1. The third-order valence-electron chi connectivity index (χ3n) is 4.40. The molecule has 0 aromatic heterocycles. The Kier molecular flexibility index (Phi) is 7.32. The molecule has 31 heavy (non-hydrogen) atoms. The van der Waals surface area contributed by atoms with Crippen LogP contribution < -0.4 is 19.1 Å². The van der Waals surface area contributed by atoms with E-state index in [2.05, 4.69) is 5.32 Å². The molecule has 1 amide bonds. The number of sulfonamides is 1. The molecule has 7 nitrogen and oxygen atoms in total. The van der Waals surface area contributed by atoms with Crippen molar-refractivity contribution >= 4 is 38.9 Å². The van der Waals surface area contributed by atoms with Gasteiger partial charge in [0.1, 0.15) is 0 Å². The number of alkyl halides is 3. The number of carbonyl (C=O) groups is 1. The van der Waals surface area contributed by atoms with Crippen LogP contribution in [0, 0.1) is 0 Å². The van der Waals surface area contributed by atoms with Gasteiger partial charge in [-0.15, -0.1) is 0 Å². The monoisotopic (exact) mass is 480 g/mol. The molecule has 0 fully saturated rings. The van der Waals surface area contributed by atoms with Gasteiger partial charge in [-0.1, -0.05) is 11.6 Å². The van der Waals surface area contributed by atoms with E-state index in [-0.39, 0.29) is 34.2 Å². The number of nitrogens with zero attached hydrogens (tertiary/aromatic N) is 1. The number of hydrogen-bond acceptors (Lipinski definition) is 5. The van der Waals surface area contributed by atoms with Crippen molar-refractivity contribution in [2.24, 2.45) is 0 Å². The molecule has 1 N–H and O–H groups in total. The Labute approximate surface area is 182 Å². The standard InChI is InChI=1S/C19H20ClF3N2O5S/c1-5-31(27,28)25(2)15-10-17(30-4)16(29-3)9-12(15)18(26)24-11-6-7-14(20)13(8-11)19(21,22)23/h6-10H,5H2,1-4H3,(H,24,26). The molecule has 2 aromatic rings. The van der Waals surface area contributed by atoms with E-state index in [1.165, 1.54) is 46.4 Å². The average molecular weight is 481 g/mol. The summed E-state index contributed by atoms with van der Waals surface area (Å²) in [7, 11) is 0.141. The number of anilines is 2. The van der Waals surface area contributed by atoms with Gasteiger partial charge in [-0.25, -0.2) is 8.42 Å². The number of nitrogens with one attached hydrogen (secondary N) is 1. The van der Waals surface area contributed by atoms with Crippen LogP contribution in [0.5, 0.6) is 11.5 Å². The predicted molar refractivity (Wildman–Crippen MR) is 112 cm³/mol.